The van der Waals surface area contributed by atoms with Crippen LogP contribution in [0.15, 0.2) is 48.5 Å². The molecule has 2 aliphatic rings. The van der Waals surface area contributed by atoms with Crippen LogP contribution in [-0.4, -0.2) is 92.8 Å². The Kier molecular flexibility index (Phi) is 12.3. The van der Waals surface area contributed by atoms with Gasteiger partial charge in [-0.05, 0) is 116 Å². The molecule has 0 spiro atoms. The molecule has 2 saturated heterocycles. The third-order valence-corrected chi connectivity index (χ3v) is 9.09. The molecule has 4 rings (SSSR count). The molecule has 2 aliphatic heterocycles. The molecule has 0 aliphatic carbocycles. The van der Waals surface area contributed by atoms with Gasteiger partial charge in [0.15, 0.2) is 0 Å². The summed E-state index contributed by atoms with van der Waals surface area (Å²) < 4.78 is 0. The van der Waals surface area contributed by atoms with E-state index in [1.54, 1.807) is 9.80 Å². The molecule has 0 bridgehead atoms. The molecule has 2 aromatic rings. The van der Waals surface area contributed by atoms with E-state index in [1.165, 1.54) is 0 Å². The van der Waals surface area contributed by atoms with E-state index in [1.807, 2.05) is 126 Å². The Labute approximate surface area is 286 Å². The van der Waals surface area contributed by atoms with E-state index >= 15 is 0 Å². The number of rotatable bonds is 10. The number of hydrogen-bond acceptors (Lipinski definition) is 4. The zero-order valence-electron chi connectivity index (χ0n) is 29.9. The lowest BCUT2D eigenvalue weighted by Gasteiger charge is -2.36. The van der Waals surface area contributed by atoms with E-state index < -0.39 is 12.1 Å². The summed E-state index contributed by atoms with van der Waals surface area (Å²) >= 11 is 0. The predicted octanol–water partition coefficient (Wildman–Crippen LogP) is 7.14. The third-order valence-electron chi connectivity index (χ3n) is 9.09. The average molecular weight is 659 g/mol. The first-order valence-corrected chi connectivity index (χ1v) is 17.5. The molecule has 6 amide bonds. The standard InChI is InChI=1S/C38H54N6O4/c1-25(2)43(26(3)4)37(47)41-23-9-11-33(41)35(45)39-31-19-15-29(16-20-31)13-14-30-17-21-32(22-18-30)40-36(46)34-12-10-24-42(34)38(48)44(27(5)6)28(7)8/h13-22,25-28,33-34H,9-12,23-24H2,1-8H3,(H,39,45)(H,40,46). The second-order valence-electron chi connectivity index (χ2n) is 14.0. The van der Waals surface area contributed by atoms with Crippen LogP contribution in [-0.2, 0) is 9.59 Å². The Bertz CT molecular complexity index is 1330. The minimum atomic E-state index is -0.482. The van der Waals surface area contributed by atoms with Crippen LogP contribution in [0.5, 0.6) is 0 Å². The van der Waals surface area contributed by atoms with Crippen LogP contribution in [0.25, 0.3) is 12.2 Å². The monoisotopic (exact) mass is 658 g/mol. The van der Waals surface area contributed by atoms with Gasteiger partial charge in [0.2, 0.25) is 11.8 Å². The van der Waals surface area contributed by atoms with Gasteiger partial charge >= 0.3 is 12.1 Å². The number of anilines is 2. The topological polar surface area (TPSA) is 105 Å². The Morgan fingerprint density at radius 1 is 0.583 bits per heavy atom. The molecular formula is C38H54N6O4. The summed E-state index contributed by atoms with van der Waals surface area (Å²) in [6, 6.07) is 14.3. The molecule has 2 unspecified atom stereocenters. The number of nitrogens with one attached hydrogen (secondary N) is 2. The summed E-state index contributed by atoms with van der Waals surface area (Å²) in [6.45, 7) is 17.2. The lowest BCUT2D eigenvalue weighted by molar-refractivity contribution is -0.120. The van der Waals surface area contributed by atoms with Gasteiger partial charge in [-0.25, -0.2) is 9.59 Å². The molecule has 48 heavy (non-hydrogen) atoms. The molecule has 2 fully saturated rings. The normalized spacial score (nSPS) is 18.0. The van der Waals surface area contributed by atoms with E-state index in [4.69, 9.17) is 0 Å². The van der Waals surface area contributed by atoms with Gasteiger partial charge in [-0.2, -0.15) is 0 Å². The quantitative estimate of drug-likeness (QED) is 0.265. The number of carbonyl (C=O) groups excluding carboxylic acids is 4. The second-order valence-corrected chi connectivity index (χ2v) is 14.0. The Morgan fingerprint density at radius 2 is 0.896 bits per heavy atom. The van der Waals surface area contributed by atoms with Gasteiger partial charge in [0, 0.05) is 48.6 Å². The van der Waals surface area contributed by atoms with Crippen molar-refractivity contribution in [1.82, 2.24) is 19.6 Å². The molecule has 0 radical (unpaired) electrons. The number of nitrogens with zero attached hydrogens (tertiary/aromatic N) is 4. The van der Waals surface area contributed by atoms with Crippen molar-refractivity contribution in [3.05, 3.63) is 59.7 Å². The van der Waals surface area contributed by atoms with Gasteiger partial charge in [0.1, 0.15) is 12.1 Å². The second kappa shape index (κ2) is 16.2. The first-order valence-electron chi connectivity index (χ1n) is 17.5. The Hall–Kier alpha value is -4.34. The molecule has 2 atom stereocenters. The number of likely N-dealkylation sites (tertiary alicyclic amines) is 2. The minimum Gasteiger partial charge on any atom is -0.324 e. The van der Waals surface area contributed by atoms with Crippen molar-refractivity contribution in [3.63, 3.8) is 0 Å². The average Bonchev–Trinajstić information content (AvgIpc) is 3.72. The number of amides is 6. The highest BCUT2D eigenvalue weighted by molar-refractivity contribution is 5.98. The summed E-state index contributed by atoms with van der Waals surface area (Å²) in [4.78, 5) is 60.0. The van der Waals surface area contributed by atoms with E-state index in [9.17, 15) is 19.2 Å². The van der Waals surface area contributed by atoms with E-state index in [0.29, 0.717) is 37.3 Å². The highest BCUT2D eigenvalue weighted by Crippen LogP contribution is 2.25. The third kappa shape index (κ3) is 8.76. The molecular weight excluding hydrogens is 604 g/mol. The summed E-state index contributed by atoms with van der Waals surface area (Å²) in [7, 11) is 0. The number of carbonyl (C=O) groups is 4. The lowest BCUT2D eigenvalue weighted by atomic mass is 10.1. The first kappa shape index (κ1) is 36.5. The fourth-order valence-corrected chi connectivity index (χ4v) is 6.91. The SMILES string of the molecule is CC(C)N(C(=O)N1CCCC1C(=O)Nc1ccc(C=Cc2ccc(NC(=O)C3CCCN3C(=O)N(C(C)C)C(C)C)cc2)cc1)C(C)C. The lowest BCUT2D eigenvalue weighted by Crippen LogP contribution is -2.53. The molecule has 0 saturated carbocycles. The smallest absolute Gasteiger partial charge is 0.321 e. The van der Waals surface area contributed by atoms with Crippen molar-refractivity contribution in [2.24, 2.45) is 0 Å². The van der Waals surface area contributed by atoms with Crippen molar-refractivity contribution < 1.29 is 19.2 Å². The van der Waals surface area contributed by atoms with Crippen LogP contribution in [0.1, 0.15) is 92.2 Å². The van der Waals surface area contributed by atoms with E-state index in [0.717, 1.165) is 24.0 Å². The maximum Gasteiger partial charge on any atom is 0.321 e. The zero-order chi connectivity index (χ0) is 35.1. The number of hydrogen-bond donors (Lipinski definition) is 2. The van der Waals surface area contributed by atoms with Gasteiger partial charge in [-0.15, -0.1) is 0 Å². The maximum atomic E-state index is 13.3. The summed E-state index contributed by atoms with van der Waals surface area (Å²) in [5, 5.41) is 6.00. The van der Waals surface area contributed by atoms with Crippen LogP contribution >= 0.6 is 0 Å². The van der Waals surface area contributed by atoms with Gasteiger partial charge in [0.25, 0.3) is 0 Å². The van der Waals surface area contributed by atoms with Crippen LogP contribution < -0.4 is 10.6 Å². The molecule has 2 N–H and O–H groups in total. The highest BCUT2D eigenvalue weighted by Gasteiger charge is 2.39. The maximum absolute atomic E-state index is 13.3. The van der Waals surface area contributed by atoms with E-state index in [-0.39, 0.29) is 48.0 Å². The first-order chi connectivity index (χ1) is 22.8. The predicted molar refractivity (Wildman–Crippen MR) is 194 cm³/mol. The molecule has 2 aromatic carbocycles. The molecule has 260 valence electrons. The fraction of sp³-hybridized carbons (Fsp3) is 0.526. The van der Waals surface area contributed by atoms with Crippen molar-refractivity contribution in [2.45, 2.75) is 117 Å². The Balaban J connectivity index is 1.31. The fourth-order valence-electron chi connectivity index (χ4n) is 6.91. The van der Waals surface area contributed by atoms with Gasteiger partial charge in [-0.3, -0.25) is 9.59 Å². The number of urea groups is 2. The highest BCUT2D eigenvalue weighted by atomic mass is 16.2. The molecule has 10 nitrogen and oxygen atoms in total. The van der Waals surface area contributed by atoms with Crippen LogP contribution in [0, 0.1) is 0 Å². The number of benzene rings is 2. The molecule has 0 aromatic heterocycles. The van der Waals surface area contributed by atoms with Crippen LogP contribution in [0.3, 0.4) is 0 Å². The van der Waals surface area contributed by atoms with Gasteiger partial charge < -0.3 is 30.2 Å². The van der Waals surface area contributed by atoms with Gasteiger partial charge in [0.05, 0.1) is 0 Å². The largest absolute Gasteiger partial charge is 0.324 e. The minimum absolute atomic E-state index is 0.0540. The summed E-state index contributed by atoms with van der Waals surface area (Å²) in [5.41, 5.74) is 3.31. The van der Waals surface area contributed by atoms with Crippen LogP contribution in [0.4, 0.5) is 21.0 Å². The van der Waals surface area contributed by atoms with E-state index in [2.05, 4.69) is 10.6 Å². The summed E-state index contributed by atoms with van der Waals surface area (Å²) in [6.07, 6.45) is 6.89. The molecule has 10 heteroatoms. The Morgan fingerprint density at radius 3 is 1.19 bits per heavy atom. The van der Waals surface area contributed by atoms with Crippen molar-refractivity contribution >= 4 is 47.4 Å². The van der Waals surface area contributed by atoms with Crippen molar-refractivity contribution in [3.8, 4) is 0 Å². The zero-order valence-corrected chi connectivity index (χ0v) is 29.9. The van der Waals surface area contributed by atoms with Crippen molar-refractivity contribution in [1.29, 1.82) is 0 Å². The summed E-state index contributed by atoms with van der Waals surface area (Å²) in [5.74, 6) is -0.326. The van der Waals surface area contributed by atoms with Crippen LogP contribution in [0.2, 0.25) is 0 Å². The molecule has 2 heterocycles. The van der Waals surface area contributed by atoms with Gasteiger partial charge in [-0.1, -0.05) is 36.4 Å². The van der Waals surface area contributed by atoms with Crippen molar-refractivity contribution in [2.75, 3.05) is 23.7 Å².